The van der Waals surface area contributed by atoms with Crippen LogP contribution in [-0.2, 0) is 0 Å². The molecule has 0 saturated carbocycles. The number of imidazole rings is 1. The van der Waals surface area contributed by atoms with Crippen molar-refractivity contribution in [1.82, 2.24) is 14.9 Å². The second-order valence-electron chi connectivity index (χ2n) is 6.84. The third kappa shape index (κ3) is 3.53. The number of carbonyl (C=O) groups is 1. The van der Waals surface area contributed by atoms with E-state index in [-0.39, 0.29) is 6.03 Å². The zero-order valence-electron chi connectivity index (χ0n) is 14.6. The van der Waals surface area contributed by atoms with Gasteiger partial charge in [0.2, 0.25) is 0 Å². The van der Waals surface area contributed by atoms with Crippen molar-refractivity contribution < 1.29 is 4.79 Å². The molecular formula is C20H21ClN4O. The van der Waals surface area contributed by atoms with Crippen molar-refractivity contribution >= 4 is 34.4 Å². The molecule has 5 nitrogen and oxygen atoms in total. The van der Waals surface area contributed by atoms with E-state index in [4.69, 9.17) is 16.6 Å². The number of benzene rings is 2. The van der Waals surface area contributed by atoms with Gasteiger partial charge in [-0.1, -0.05) is 17.7 Å². The maximum absolute atomic E-state index is 12.4. The van der Waals surface area contributed by atoms with Gasteiger partial charge in [0.15, 0.2) is 0 Å². The molecule has 0 unspecified atom stereocenters. The molecule has 1 aliphatic rings. The number of amides is 2. The second-order valence-corrected chi connectivity index (χ2v) is 7.28. The van der Waals surface area contributed by atoms with Gasteiger partial charge in [-0.05, 0) is 61.7 Å². The van der Waals surface area contributed by atoms with Gasteiger partial charge in [0.1, 0.15) is 5.82 Å². The Hall–Kier alpha value is -2.53. The molecule has 4 rings (SSSR count). The SMILES string of the molecule is Cc1ccc2nc(C3CCN(C(=O)Nc4ccc(Cl)cc4)CC3)[nH]c2c1. The molecule has 6 heteroatoms. The third-order valence-corrected chi connectivity index (χ3v) is 5.17. The van der Waals surface area contributed by atoms with E-state index < -0.39 is 0 Å². The summed E-state index contributed by atoms with van der Waals surface area (Å²) in [5.74, 6) is 1.39. The normalized spacial score (nSPS) is 15.4. The number of H-pyrrole nitrogens is 1. The highest BCUT2D eigenvalue weighted by atomic mass is 35.5. The summed E-state index contributed by atoms with van der Waals surface area (Å²) in [4.78, 5) is 22.5. The largest absolute Gasteiger partial charge is 0.342 e. The fourth-order valence-electron chi connectivity index (χ4n) is 3.43. The highest BCUT2D eigenvalue weighted by Gasteiger charge is 2.25. The molecular weight excluding hydrogens is 348 g/mol. The minimum Gasteiger partial charge on any atom is -0.342 e. The summed E-state index contributed by atoms with van der Waals surface area (Å²) in [6.07, 6.45) is 1.82. The van der Waals surface area contributed by atoms with Crippen LogP contribution in [0.2, 0.25) is 5.02 Å². The topological polar surface area (TPSA) is 61.0 Å². The van der Waals surface area contributed by atoms with Gasteiger partial charge in [0.05, 0.1) is 11.0 Å². The average molecular weight is 369 g/mol. The van der Waals surface area contributed by atoms with Crippen LogP contribution in [0.1, 0.15) is 30.1 Å². The van der Waals surface area contributed by atoms with Crippen molar-refractivity contribution in [2.45, 2.75) is 25.7 Å². The molecule has 134 valence electrons. The van der Waals surface area contributed by atoms with E-state index in [2.05, 4.69) is 35.4 Å². The van der Waals surface area contributed by atoms with Crippen LogP contribution in [0.3, 0.4) is 0 Å². The third-order valence-electron chi connectivity index (χ3n) is 4.92. The molecule has 1 saturated heterocycles. The Bertz CT molecular complexity index is 927. The molecule has 2 amide bonds. The maximum atomic E-state index is 12.4. The number of fused-ring (bicyclic) bond motifs is 1. The Balaban J connectivity index is 1.38. The number of aryl methyl sites for hydroxylation is 1. The molecule has 2 heterocycles. The van der Waals surface area contributed by atoms with Crippen molar-refractivity contribution in [3.8, 4) is 0 Å². The van der Waals surface area contributed by atoms with Crippen LogP contribution in [0.4, 0.5) is 10.5 Å². The number of aromatic amines is 1. The van der Waals surface area contributed by atoms with Gasteiger partial charge in [-0.15, -0.1) is 0 Å². The summed E-state index contributed by atoms with van der Waals surface area (Å²) in [6.45, 7) is 3.53. The summed E-state index contributed by atoms with van der Waals surface area (Å²) in [5.41, 5.74) is 4.08. The molecule has 0 aliphatic carbocycles. The summed E-state index contributed by atoms with van der Waals surface area (Å²) in [7, 11) is 0. The quantitative estimate of drug-likeness (QED) is 0.673. The monoisotopic (exact) mass is 368 g/mol. The molecule has 0 atom stereocenters. The molecule has 26 heavy (non-hydrogen) atoms. The van der Waals surface area contributed by atoms with Gasteiger partial charge in [-0.3, -0.25) is 0 Å². The number of aromatic nitrogens is 2. The smallest absolute Gasteiger partial charge is 0.321 e. The number of hydrogen-bond donors (Lipinski definition) is 2. The predicted molar refractivity (Wildman–Crippen MR) is 105 cm³/mol. The maximum Gasteiger partial charge on any atom is 0.321 e. The molecule has 1 aromatic heterocycles. The Morgan fingerprint density at radius 1 is 1.19 bits per heavy atom. The fourth-order valence-corrected chi connectivity index (χ4v) is 3.55. The van der Waals surface area contributed by atoms with Crippen LogP contribution in [-0.4, -0.2) is 34.0 Å². The van der Waals surface area contributed by atoms with E-state index in [9.17, 15) is 4.79 Å². The van der Waals surface area contributed by atoms with Crippen LogP contribution in [0.5, 0.6) is 0 Å². The average Bonchev–Trinajstić information content (AvgIpc) is 3.07. The molecule has 3 aromatic rings. The van der Waals surface area contributed by atoms with E-state index in [1.165, 1.54) is 5.56 Å². The molecule has 2 aromatic carbocycles. The minimum absolute atomic E-state index is 0.0639. The first kappa shape index (κ1) is 16.9. The van der Waals surface area contributed by atoms with Gasteiger partial charge in [0, 0.05) is 29.7 Å². The van der Waals surface area contributed by atoms with Crippen LogP contribution in [0.25, 0.3) is 11.0 Å². The molecule has 1 fully saturated rings. The predicted octanol–water partition coefficient (Wildman–Crippen LogP) is 4.94. The first-order valence-corrected chi connectivity index (χ1v) is 9.24. The lowest BCUT2D eigenvalue weighted by atomic mass is 9.96. The van der Waals surface area contributed by atoms with E-state index in [1.54, 1.807) is 12.1 Å². The van der Waals surface area contributed by atoms with Crippen molar-refractivity contribution in [3.63, 3.8) is 0 Å². The van der Waals surface area contributed by atoms with Gasteiger partial charge < -0.3 is 15.2 Å². The number of halogens is 1. The Morgan fingerprint density at radius 2 is 1.92 bits per heavy atom. The molecule has 0 bridgehead atoms. The van der Waals surface area contributed by atoms with E-state index in [0.29, 0.717) is 10.9 Å². The Morgan fingerprint density at radius 3 is 2.65 bits per heavy atom. The van der Waals surface area contributed by atoms with Crippen LogP contribution >= 0.6 is 11.6 Å². The van der Waals surface area contributed by atoms with Crippen molar-refractivity contribution in [2.24, 2.45) is 0 Å². The number of nitrogens with one attached hydrogen (secondary N) is 2. The highest BCUT2D eigenvalue weighted by Crippen LogP contribution is 2.28. The number of carbonyl (C=O) groups excluding carboxylic acids is 1. The number of nitrogens with zero attached hydrogens (tertiary/aromatic N) is 2. The van der Waals surface area contributed by atoms with Crippen LogP contribution in [0.15, 0.2) is 42.5 Å². The van der Waals surface area contributed by atoms with Crippen molar-refractivity contribution in [1.29, 1.82) is 0 Å². The van der Waals surface area contributed by atoms with E-state index in [1.807, 2.05) is 17.0 Å². The highest BCUT2D eigenvalue weighted by molar-refractivity contribution is 6.30. The Labute approximate surface area is 157 Å². The van der Waals surface area contributed by atoms with Gasteiger partial charge in [-0.2, -0.15) is 0 Å². The van der Waals surface area contributed by atoms with Crippen LogP contribution < -0.4 is 5.32 Å². The standard InChI is InChI=1S/C20H21ClN4O/c1-13-2-7-17-18(12-13)24-19(23-17)14-8-10-25(11-9-14)20(26)22-16-5-3-15(21)4-6-16/h2-7,12,14H,8-11H2,1H3,(H,22,26)(H,23,24). The Kier molecular flexibility index (Phi) is 4.55. The van der Waals surface area contributed by atoms with Crippen molar-refractivity contribution in [2.75, 3.05) is 18.4 Å². The number of hydrogen-bond acceptors (Lipinski definition) is 2. The van der Waals surface area contributed by atoms with E-state index in [0.717, 1.165) is 48.5 Å². The van der Waals surface area contributed by atoms with Gasteiger partial charge in [-0.25, -0.2) is 9.78 Å². The first-order valence-electron chi connectivity index (χ1n) is 8.86. The van der Waals surface area contributed by atoms with Gasteiger partial charge in [0.25, 0.3) is 0 Å². The lowest BCUT2D eigenvalue weighted by Gasteiger charge is -2.31. The lowest BCUT2D eigenvalue weighted by Crippen LogP contribution is -2.40. The molecule has 0 spiro atoms. The summed E-state index contributed by atoms with van der Waals surface area (Å²) >= 11 is 5.88. The van der Waals surface area contributed by atoms with Crippen molar-refractivity contribution in [3.05, 3.63) is 58.9 Å². The minimum atomic E-state index is -0.0639. The number of rotatable bonds is 2. The fraction of sp³-hybridized carbons (Fsp3) is 0.300. The van der Waals surface area contributed by atoms with Crippen LogP contribution in [0, 0.1) is 6.92 Å². The number of piperidine rings is 1. The number of urea groups is 1. The lowest BCUT2D eigenvalue weighted by molar-refractivity contribution is 0.193. The second kappa shape index (κ2) is 7.00. The number of anilines is 1. The molecule has 0 radical (unpaired) electrons. The summed E-state index contributed by atoms with van der Waals surface area (Å²) in [5, 5.41) is 3.58. The molecule has 1 aliphatic heterocycles. The zero-order valence-corrected chi connectivity index (χ0v) is 15.4. The summed E-state index contributed by atoms with van der Waals surface area (Å²) < 4.78 is 0. The molecule has 2 N–H and O–H groups in total. The van der Waals surface area contributed by atoms with Gasteiger partial charge >= 0.3 is 6.03 Å². The first-order chi connectivity index (χ1) is 12.6. The zero-order chi connectivity index (χ0) is 18.1. The summed E-state index contributed by atoms with van der Waals surface area (Å²) in [6, 6.07) is 13.4. The van der Waals surface area contributed by atoms with E-state index >= 15 is 0 Å². The number of likely N-dealkylation sites (tertiary alicyclic amines) is 1.